The van der Waals surface area contributed by atoms with Gasteiger partial charge in [-0.1, -0.05) is 15.9 Å². The van der Waals surface area contributed by atoms with E-state index in [1.165, 1.54) is 4.68 Å². The number of ether oxygens (including phenoxy) is 2. The molecular formula is C20H16Br3N3O4. The molecule has 3 rings (SSSR count). The Balaban J connectivity index is 1.90. The highest BCUT2D eigenvalue weighted by Crippen LogP contribution is 2.34. The molecule has 0 saturated carbocycles. The predicted molar refractivity (Wildman–Crippen MR) is 125 cm³/mol. The molecule has 0 aliphatic heterocycles. The Labute approximate surface area is 197 Å². The maximum atomic E-state index is 12.8. The number of carbonyl (C=O) groups excluding carboxylic acids is 1. The molecule has 0 saturated heterocycles. The van der Waals surface area contributed by atoms with Crippen LogP contribution in [0.4, 0.5) is 0 Å². The van der Waals surface area contributed by atoms with Gasteiger partial charge in [-0.2, -0.15) is 9.78 Å². The summed E-state index contributed by atoms with van der Waals surface area (Å²) in [6.07, 6.45) is 1.55. The monoisotopic (exact) mass is 599 g/mol. The fourth-order valence-electron chi connectivity index (χ4n) is 2.65. The number of nitrogens with zero attached hydrogens (tertiary/aromatic N) is 3. The Morgan fingerprint density at radius 2 is 1.90 bits per heavy atom. The first-order chi connectivity index (χ1) is 14.3. The minimum absolute atomic E-state index is 0.203. The number of hydrogen-bond acceptors (Lipinski definition) is 6. The number of aryl methyl sites for hydroxylation is 1. The lowest BCUT2D eigenvalue weighted by Gasteiger charge is -2.11. The first kappa shape index (κ1) is 22.6. The summed E-state index contributed by atoms with van der Waals surface area (Å²) in [7, 11) is 0. The summed E-state index contributed by atoms with van der Waals surface area (Å²) < 4.78 is 13.7. The maximum absolute atomic E-state index is 12.8. The van der Waals surface area contributed by atoms with Gasteiger partial charge >= 0.3 is 5.97 Å². The number of rotatable bonds is 6. The Hall–Kier alpha value is -2.04. The standard InChI is InChI=1S/C20H16Br3N3O4/c1-3-29-18(27)10-30-19-15(22)6-12(7-16(19)23)9-24-26-11(2)25-17-5-4-13(21)8-14(17)20(26)28/h4-9H,3,10H2,1-2H3. The molecule has 10 heteroatoms. The molecule has 0 N–H and O–H groups in total. The maximum Gasteiger partial charge on any atom is 0.344 e. The molecule has 1 heterocycles. The van der Waals surface area contributed by atoms with Crippen LogP contribution < -0.4 is 10.3 Å². The third kappa shape index (κ3) is 5.16. The summed E-state index contributed by atoms with van der Waals surface area (Å²) in [5, 5.41) is 4.78. The van der Waals surface area contributed by atoms with Crippen LogP contribution in [0.15, 0.2) is 53.6 Å². The lowest BCUT2D eigenvalue weighted by atomic mass is 10.2. The fourth-order valence-corrected chi connectivity index (χ4v) is 4.46. The van der Waals surface area contributed by atoms with Crippen molar-refractivity contribution in [3.63, 3.8) is 0 Å². The highest BCUT2D eigenvalue weighted by Gasteiger charge is 2.12. The summed E-state index contributed by atoms with van der Waals surface area (Å²) in [6.45, 7) is 3.54. The number of esters is 1. The van der Waals surface area contributed by atoms with E-state index in [0.717, 1.165) is 4.47 Å². The first-order valence-corrected chi connectivity index (χ1v) is 11.2. The van der Waals surface area contributed by atoms with Crippen molar-refractivity contribution in [3.8, 4) is 5.75 Å². The van der Waals surface area contributed by atoms with Crippen molar-refractivity contribution in [1.29, 1.82) is 0 Å². The second-order valence-corrected chi connectivity index (χ2v) is 8.71. The molecule has 0 fully saturated rings. The van der Waals surface area contributed by atoms with E-state index in [2.05, 4.69) is 57.9 Å². The Morgan fingerprint density at radius 3 is 2.57 bits per heavy atom. The number of fused-ring (bicyclic) bond motifs is 1. The smallest absolute Gasteiger partial charge is 0.344 e. The zero-order chi connectivity index (χ0) is 21.8. The molecule has 0 aliphatic carbocycles. The predicted octanol–water partition coefficient (Wildman–Crippen LogP) is 4.82. The van der Waals surface area contributed by atoms with E-state index in [1.54, 1.807) is 44.3 Å². The molecule has 0 unspecified atom stereocenters. The molecule has 0 radical (unpaired) electrons. The molecule has 0 aliphatic rings. The van der Waals surface area contributed by atoms with Crippen molar-refractivity contribution in [2.45, 2.75) is 13.8 Å². The van der Waals surface area contributed by atoms with Crippen molar-refractivity contribution in [3.05, 3.63) is 65.5 Å². The van der Waals surface area contributed by atoms with Gasteiger partial charge in [0.15, 0.2) is 6.61 Å². The molecular weight excluding hydrogens is 586 g/mol. The quantitative estimate of drug-likeness (QED) is 0.299. The third-order valence-corrected chi connectivity index (χ3v) is 5.62. The summed E-state index contributed by atoms with van der Waals surface area (Å²) in [4.78, 5) is 28.8. The number of carbonyl (C=O) groups is 1. The topological polar surface area (TPSA) is 82.8 Å². The van der Waals surface area contributed by atoms with Crippen LogP contribution in [0.3, 0.4) is 0 Å². The van der Waals surface area contributed by atoms with E-state index in [0.29, 0.717) is 43.6 Å². The van der Waals surface area contributed by atoms with Crippen molar-refractivity contribution >= 4 is 70.9 Å². The van der Waals surface area contributed by atoms with Gasteiger partial charge in [-0.3, -0.25) is 4.79 Å². The lowest BCUT2D eigenvalue weighted by Crippen LogP contribution is -2.20. The first-order valence-electron chi connectivity index (χ1n) is 8.81. The molecule has 30 heavy (non-hydrogen) atoms. The van der Waals surface area contributed by atoms with Crippen molar-refractivity contribution < 1.29 is 14.3 Å². The SMILES string of the molecule is CCOC(=O)COc1c(Br)cc(C=Nn2c(C)nc3ccc(Br)cc3c2=O)cc1Br. The van der Waals surface area contributed by atoms with Crippen LogP contribution in [0, 0.1) is 6.92 Å². The average Bonchev–Trinajstić information content (AvgIpc) is 2.68. The van der Waals surface area contributed by atoms with Gasteiger partial charge in [0.2, 0.25) is 0 Å². The van der Waals surface area contributed by atoms with E-state index in [4.69, 9.17) is 9.47 Å². The van der Waals surface area contributed by atoms with Gasteiger partial charge in [0.25, 0.3) is 5.56 Å². The Bertz CT molecular complexity index is 1180. The second kappa shape index (κ2) is 9.84. The van der Waals surface area contributed by atoms with Crippen molar-refractivity contribution in [2.24, 2.45) is 5.10 Å². The minimum Gasteiger partial charge on any atom is -0.480 e. The van der Waals surface area contributed by atoms with E-state index in [-0.39, 0.29) is 12.2 Å². The van der Waals surface area contributed by atoms with E-state index in [9.17, 15) is 9.59 Å². The second-order valence-electron chi connectivity index (χ2n) is 6.09. The molecule has 7 nitrogen and oxygen atoms in total. The molecule has 0 atom stereocenters. The molecule has 2 aromatic carbocycles. The zero-order valence-corrected chi connectivity index (χ0v) is 20.7. The largest absolute Gasteiger partial charge is 0.480 e. The number of aromatic nitrogens is 2. The molecule has 0 amide bonds. The summed E-state index contributed by atoms with van der Waals surface area (Å²) in [6, 6.07) is 8.87. The molecule has 1 aromatic heterocycles. The third-order valence-electron chi connectivity index (χ3n) is 3.95. The molecule has 0 spiro atoms. The van der Waals surface area contributed by atoms with Gasteiger partial charge in [0, 0.05) is 4.47 Å². The summed E-state index contributed by atoms with van der Waals surface area (Å²) in [5.41, 5.74) is 1.06. The Kier molecular flexibility index (Phi) is 7.43. The number of hydrogen-bond donors (Lipinski definition) is 0. The molecule has 3 aromatic rings. The van der Waals surface area contributed by atoms with Crippen LogP contribution >= 0.6 is 47.8 Å². The van der Waals surface area contributed by atoms with Gasteiger partial charge in [0.05, 0.1) is 32.7 Å². The number of benzene rings is 2. The van der Waals surface area contributed by atoms with E-state index >= 15 is 0 Å². The van der Waals surface area contributed by atoms with E-state index in [1.807, 2.05) is 6.07 Å². The van der Waals surface area contributed by atoms with Crippen LogP contribution in [0.5, 0.6) is 5.75 Å². The molecule has 156 valence electrons. The van der Waals surface area contributed by atoms with Crippen molar-refractivity contribution in [2.75, 3.05) is 13.2 Å². The van der Waals surface area contributed by atoms with Gasteiger partial charge in [-0.15, -0.1) is 0 Å². The zero-order valence-electron chi connectivity index (χ0n) is 16.0. The summed E-state index contributed by atoms with van der Waals surface area (Å²) in [5.74, 6) is 0.483. The highest BCUT2D eigenvalue weighted by atomic mass is 79.9. The van der Waals surface area contributed by atoms with Crippen molar-refractivity contribution in [1.82, 2.24) is 9.66 Å². The number of halogens is 3. The minimum atomic E-state index is -0.452. The van der Waals surface area contributed by atoms with Crippen LogP contribution in [0.1, 0.15) is 18.3 Å². The van der Waals surface area contributed by atoms with Gasteiger partial charge in [0.1, 0.15) is 11.6 Å². The van der Waals surface area contributed by atoms with E-state index < -0.39 is 5.97 Å². The average molecular weight is 602 g/mol. The van der Waals surface area contributed by atoms with Crippen LogP contribution in [0.2, 0.25) is 0 Å². The lowest BCUT2D eigenvalue weighted by molar-refractivity contribution is -0.145. The fraction of sp³-hybridized carbons (Fsp3) is 0.200. The molecule has 0 bridgehead atoms. The van der Waals surface area contributed by atoms with Gasteiger partial charge in [-0.05, 0) is 81.6 Å². The van der Waals surface area contributed by atoms with Crippen LogP contribution in [-0.4, -0.2) is 35.1 Å². The van der Waals surface area contributed by atoms with Crippen LogP contribution in [-0.2, 0) is 9.53 Å². The normalized spacial score (nSPS) is 11.2. The Morgan fingerprint density at radius 1 is 1.20 bits per heavy atom. The highest BCUT2D eigenvalue weighted by molar-refractivity contribution is 9.11. The summed E-state index contributed by atoms with van der Waals surface area (Å²) >= 11 is 10.2. The van der Waals surface area contributed by atoms with Gasteiger partial charge in [-0.25, -0.2) is 9.78 Å². The van der Waals surface area contributed by atoms with Crippen LogP contribution in [0.25, 0.3) is 10.9 Å². The van der Waals surface area contributed by atoms with Gasteiger partial charge < -0.3 is 9.47 Å².